The van der Waals surface area contributed by atoms with Crippen LogP contribution in [0.15, 0.2) is 53.6 Å². The van der Waals surface area contributed by atoms with Gasteiger partial charge in [-0.1, -0.05) is 29.8 Å². The lowest BCUT2D eigenvalue weighted by molar-refractivity contribution is 1.25. The van der Waals surface area contributed by atoms with Crippen LogP contribution in [-0.2, 0) is 0 Å². The van der Waals surface area contributed by atoms with Gasteiger partial charge in [-0.3, -0.25) is 0 Å². The molecule has 2 aromatic heterocycles. The van der Waals surface area contributed by atoms with E-state index in [2.05, 4.69) is 22.6 Å². The smallest absolute Gasteiger partial charge is 0.138 e. The second kappa shape index (κ2) is 5.94. The van der Waals surface area contributed by atoms with Crippen LogP contribution in [0.4, 0.5) is 0 Å². The van der Waals surface area contributed by atoms with E-state index in [0.717, 1.165) is 26.6 Å². The van der Waals surface area contributed by atoms with Gasteiger partial charge in [-0.05, 0) is 31.2 Å². The van der Waals surface area contributed by atoms with E-state index in [4.69, 9.17) is 11.6 Å². The summed E-state index contributed by atoms with van der Waals surface area (Å²) in [5.41, 5.74) is 1.94. The lowest BCUT2D eigenvalue weighted by Gasteiger charge is -1.89. The Morgan fingerprint density at radius 3 is 2.44 bits per heavy atom. The first-order chi connectivity index (χ1) is 8.66. The van der Waals surface area contributed by atoms with Gasteiger partial charge in [0.25, 0.3) is 0 Å². The topological polar surface area (TPSA) is 28.7 Å². The minimum Gasteiger partial charge on any atom is -0.344 e. The number of rotatable bonds is 0. The quantitative estimate of drug-likeness (QED) is 0.582. The molecule has 0 aliphatic carbocycles. The zero-order valence-corrected chi connectivity index (χ0v) is 11.5. The van der Waals surface area contributed by atoms with Crippen LogP contribution in [-0.4, -0.2) is 9.97 Å². The lowest BCUT2D eigenvalue weighted by atomic mass is 10.3. The summed E-state index contributed by atoms with van der Waals surface area (Å²) < 4.78 is 0. The van der Waals surface area contributed by atoms with Crippen molar-refractivity contribution >= 4 is 35.3 Å². The summed E-state index contributed by atoms with van der Waals surface area (Å²) in [5.74, 6) is 0. The highest BCUT2D eigenvalue weighted by atomic mass is 35.5. The van der Waals surface area contributed by atoms with Gasteiger partial charge in [0.05, 0.1) is 5.02 Å². The molecule has 0 aliphatic rings. The number of nitrogens with one attached hydrogen (secondary N) is 1. The minimum absolute atomic E-state index is 0.749. The first-order valence-electron chi connectivity index (χ1n) is 5.50. The highest BCUT2D eigenvalue weighted by Crippen LogP contribution is 2.21. The number of aryl methyl sites for hydroxylation is 1. The molecule has 0 saturated carbocycles. The normalized spacial score (nSPS) is 9.94. The molecular weight excluding hydrogens is 264 g/mol. The zero-order valence-electron chi connectivity index (χ0n) is 9.89. The Bertz CT molecular complexity index is 635. The third kappa shape index (κ3) is 3.28. The Morgan fingerprint density at radius 2 is 1.89 bits per heavy atom. The number of thiol groups is 1. The molecule has 0 unspecified atom stereocenters. The number of hydrogen-bond acceptors (Lipinski definition) is 2. The average molecular weight is 277 g/mol. The molecule has 1 aromatic carbocycles. The second-order valence-electron chi connectivity index (χ2n) is 3.84. The third-order valence-electron chi connectivity index (χ3n) is 2.37. The number of aromatic nitrogens is 2. The third-order valence-corrected chi connectivity index (χ3v) is 3.00. The van der Waals surface area contributed by atoms with E-state index in [-0.39, 0.29) is 0 Å². The number of benzene rings is 1. The average Bonchev–Trinajstić information content (AvgIpc) is 2.73. The summed E-state index contributed by atoms with van der Waals surface area (Å²) in [7, 11) is 0. The predicted molar refractivity (Wildman–Crippen MR) is 79.5 cm³/mol. The molecule has 0 aliphatic heterocycles. The lowest BCUT2D eigenvalue weighted by Crippen LogP contribution is -1.74. The summed E-state index contributed by atoms with van der Waals surface area (Å²) in [6.07, 6.45) is 1.70. The molecule has 0 spiro atoms. The number of fused-ring (bicyclic) bond motifs is 1. The molecule has 0 atom stereocenters. The van der Waals surface area contributed by atoms with Gasteiger partial charge in [0.1, 0.15) is 5.65 Å². The van der Waals surface area contributed by atoms with Gasteiger partial charge in [-0.25, -0.2) is 4.98 Å². The Labute approximate surface area is 116 Å². The summed E-state index contributed by atoms with van der Waals surface area (Å²) >= 11 is 9.99. The molecule has 92 valence electrons. The van der Waals surface area contributed by atoms with Gasteiger partial charge in [0.2, 0.25) is 0 Å². The van der Waals surface area contributed by atoms with Gasteiger partial charge in [0.15, 0.2) is 0 Å². The number of hydrogen-bond donors (Lipinski definition) is 2. The standard InChI is InChI=1S/C8H7ClN2.C6H6S/c1-5-4-6-7(9)2-3-10-8(6)11-5;7-6-4-2-1-3-5-6/h2-4H,1H3,(H,10,11);1-5,7H. The maximum Gasteiger partial charge on any atom is 0.138 e. The number of nitrogens with zero attached hydrogens (tertiary/aromatic N) is 1. The van der Waals surface area contributed by atoms with Crippen molar-refractivity contribution in [3.63, 3.8) is 0 Å². The Kier molecular flexibility index (Phi) is 4.28. The Morgan fingerprint density at radius 1 is 1.17 bits per heavy atom. The van der Waals surface area contributed by atoms with Crippen molar-refractivity contribution in [1.29, 1.82) is 0 Å². The van der Waals surface area contributed by atoms with Crippen LogP contribution in [0, 0.1) is 6.92 Å². The fraction of sp³-hybridized carbons (Fsp3) is 0.0714. The van der Waals surface area contributed by atoms with E-state index in [1.807, 2.05) is 43.3 Å². The van der Waals surface area contributed by atoms with E-state index in [1.165, 1.54) is 0 Å². The largest absolute Gasteiger partial charge is 0.344 e. The van der Waals surface area contributed by atoms with Crippen molar-refractivity contribution in [1.82, 2.24) is 9.97 Å². The molecule has 2 heterocycles. The van der Waals surface area contributed by atoms with E-state index < -0.39 is 0 Å². The van der Waals surface area contributed by atoms with Crippen molar-refractivity contribution in [3.8, 4) is 0 Å². The van der Waals surface area contributed by atoms with Crippen LogP contribution < -0.4 is 0 Å². The van der Waals surface area contributed by atoms with Crippen LogP contribution in [0.25, 0.3) is 11.0 Å². The van der Waals surface area contributed by atoms with Gasteiger partial charge in [0, 0.05) is 22.2 Å². The molecule has 2 nitrogen and oxygen atoms in total. The molecular formula is C14H13ClN2S. The van der Waals surface area contributed by atoms with Crippen molar-refractivity contribution in [2.75, 3.05) is 0 Å². The number of pyridine rings is 1. The first kappa shape index (κ1) is 13.0. The highest BCUT2D eigenvalue weighted by Gasteiger charge is 2.00. The molecule has 1 N–H and O–H groups in total. The summed E-state index contributed by atoms with van der Waals surface area (Å²) in [4.78, 5) is 8.24. The van der Waals surface area contributed by atoms with Crippen LogP contribution >= 0.6 is 24.2 Å². The maximum atomic E-state index is 5.91. The minimum atomic E-state index is 0.749. The predicted octanol–water partition coefficient (Wildman–Crippen LogP) is 4.50. The fourth-order valence-electron chi connectivity index (χ4n) is 1.55. The molecule has 18 heavy (non-hydrogen) atoms. The monoisotopic (exact) mass is 276 g/mol. The van der Waals surface area contributed by atoms with Crippen molar-refractivity contribution in [2.24, 2.45) is 0 Å². The summed E-state index contributed by atoms with van der Waals surface area (Å²) in [6, 6.07) is 13.6. The Hall–Kier alpha value is -1.45. The van der Waals surface area contributed by atoms with Gasteiger partial charge in [-0.2, -0.15) is 0 Å². The van der Waals surface area contributed by atoms with Gasteiger partial charge < -0.3 is 4.98 Å². The van der Waals surface area contributed by atoms with Crippen molar-refractivity contribution in [2.45, 2.75) is 11.8 Å². The fourth-order valence-corrected chi connectivity index (χ4v) is 1.93. The first-order valence-corrected chi connectivity index (χ1v) is 6.33. The maximum absolute atomic E-state index is 5.91. The number of aromatic amines is 1. The number of H-pyrrole nitrogens is 1. The van der Waals surface area contributed by atoms with E-state index in [1.54, 1.807) is 12.3 Å². The molecule has 3 rings (SSSR count). The molecule has 0 radical (unpaired) electrons. The molecule has 0 amide bonds. The van der Waals surface area contributed by atoms with Gasteiger partial charge in [-0.15, -0.1) is 12.6 Å². The zero-order chi connectivity index (χ0) is 13.0. The van der Waals surface area contributed by atoms with Gasteiger partial charge >= 0.3 is 0 Å². The van der Waals surface area contributed by atoms with Crippen molar-refractivity contribution < 1.29 is 0 Å². The molecule has 0 bridgehead atoms. The van der Waals surface area contributed by atoms with E-state index >= 15 is 0 Å². The van der Waals surface area contributed by atoms with E-state index in [0.29, 0.717) is 0 Å². The molecule has 0 fully saturated rings. The highest BCUT2D eigenvalue weighted by molar-refractivity contribution is 7.80. The van der Waals surface area contributed by atoms with Crippen LogP contribution in [0.1, 0.15) is 5.69 Å². The van der Waals surface area contributed by atoms with Crippen molar-refractivity contribution in [3.05, 3.63) is 59.4 Å². The van der Waals surface area contributed by atoms with Crippen LogP contribution in [0.5, 0.6) is 0 Å². The second-order valence-corrected chi connectivity index (χ2v) is 4.77. The summed E-state index contributed by atoms with van der Waals surface area (Å²) in [6.45, 7) is 1.98. The van der Waals surface area contributed by atoms with Crippen LogP contribution in [0.2, 0.25) is 5.02 Å². The summed E-state index contributed by atoms with van der Waals surface area (Å²) in [5, 5.41) is 1.74. The molecule has 4 heteroatoms. The number of halogens is 1. The van der Waals surface area contributed by atoms with E-state index in [9.17, 15) is 0 Å². The molecule has 3 aromatic rings. The molecule has 0 saturated heterocycles. The van der Waals surface area contributed by atoms with Crippen LogP contribution in [0.3, 0.4) is 0 Å². The SMILES string of the molecule is Cc1cc2c(Cl)ccnc2[nH]1.Sc1ccccc1. The Balaban J connectivity index is 0.000000149.